The molecule has 0 radical (unpaired) electrons. The molecule has 0 amide bonds. The Morgan fingerprint density at radius 1 is 1.03 bits per heavy atom. The third kappa shape index (κ3) is 4.43. The Hall–Kier alpha value is -3.80. The highest BCUT2D eigenvalue weighted by atomic mass is 19.1. The second-order valence-corrected chi connectivity index (χ2v) is 6.58. The molecule has 0 bridgehead atoms. The summed E-state index contributed by atoms with van der Waals surface area (Å²) in [6, 6.07) is 16.5. The van der Waals surface area contributed by atoms with E-state index in [9.17, 15) is 9.18 Å². The molecule has 0 saturated carbocycles. The first-order valence-electron chi connectivity index (χ1n) is 9.30. The van der Waals surface area contributed by atoms with Crippen molar-refractivity contribution in [1.29, 1.82) is 0 Å². The highest BCUT2D eigenvalue weighted by molar-refractivity contribution is 6.07. The van der Waals surface area contributed by atoms with Crippen LogP contribution in [0.5, 0.6) is 23.0 Å². The molecule has 0 N–H and O–H groups in total. The molecule has 1 heterocycles. The Labute approximate surface area is 173 Å². The van der Waals surface area contributed by atoms with Gasteiger partial charge in [0.05, 0.1) is 7.11 Å². The molecule has 0 aromatic heterocycles. The van der Waals surface area contributed by atoms with E-state index in [4.69, 9.17) is 18.9 Å². The molecule has 30 heavy (non-hydrogen) atoms. The minimum absolute atomic E-state index is 0.145. The summed E-state index contributed by atoms with van der Waals surface area (Å²) in [5, 5.41) is 0. The van der Waals surface area contributed by atoms with Crippen molar-refractivity contribution < 1.29 is 28.1 Å². The summed E-state index contributed by atoms with van der Waals surface area (Å²) in [7, 11) is 1.58. The van der Waals surface area contributed by atoms with Crippen LogP contribution in [-0.2, 0) is 6.61 Å². The fourth-order valence-electron chi connectivity index (χ4n) is 3.02. The maximum Gasteiger partial charge on any atom is 0.231 e. The van der Waals surface area contributed by atoms with Gasteiger partial charge in [-0.05, 0) is 66.2 Å². The van der Waals surface area contributed by atoms with E-state index in [0.717, 1.165) is 11.1 Å². The Kier molecular flexibility index (Phi) is 5.66. The first-order valence-corrected chi connectivity index (χ1v) is 9.30. The van der Waals surface area contributed by atoms with E-state index in [1.165, 1.54) is 18.2 Å². The summed E-state index contributed by atoms with van der Waals surface area (Å²) in [5.74, 6) is 1.96. The van der Waals surface area contributed by atoms with Crippen molar-refractivity contribution in [1.82, 2.24) is 0 Å². The lowest BCUT2D eigenvalue weighted by molar-refractivity contribution is 0.104. The van der Waals surface area contributed by atoms with Crippen LogP contribution in [0.15, 0.2) is 66.7 Å². The quantitative estimate of drug-likeness (QED) is 0.407. The third-order valence-corrected chi connectivity index (χ3v) is 4.60. The van der Waals surface area contributed by atoms with Crippen molar-refractivity contribution in [2.75, 3.05) is 13.9 Å². The molecule has 3 aromatic rings. The molecule has 0 spiro atoms. The van der Waals surface area contributed by atoms with Crippen molar-refractivity contribution in [3.63, 3.8) is 0 Å². The Bertz CT molecular complexity index is 1090. The Morgan fingerprint density at radius 3 is 2.63 bits per heavy atom. The van der Waals surface area contributed by atoms with Crippen LogP contribution in [-0.4, -0.2) is 19.7 Å². The van der Waals surface area contributed by atoms with Gasteiger partial charge >= 0.3 is 0 Å². The smallest absolute Gasteiger partial charge is 0.231 e. The van der Waals surface area contributed by atoms with Gasteiger partial charge in [0, 0.05) is 11.1 Å². The number of allylic oxidation sites excluding steroid dienone is 1. The number of rotatable bonds is 7. The number of ether oxygens (including phenoxy) is 4. The molecule has 0 fully saturated rings. The minimum atomic E-state index is -0.320. The molecule has 0 saturated heterocycles. The SMILES string of the molecule is COc1ccc(/C=C/C(=O)c2ccc3c(c2)OCO3)cc1COc1ccc(F)cc1. The predicted molar refractivity (Wildman–Crippen MR) is 110 cm³/mol. The molecular formula is C24H19FO5. The number of hydrogen-bond acceptors (Lipinski definition) is 5. The molecule has 5 nitrogen and oxygen atoms in total. The van der Waals surface area contributed by atoms with E-state index in [0.29, 0.717) is 28.6 Å². The van der Waals surface area contributed by atoms with Crippen LogP contribution in [0.1, 0.15) is 21.5 Å². The summed E-state index contributed by atoms with van der Waals surface area (Å²) in [6.07, 6.45) is 3.23. The first kappa shape index (κ1) is 19.5. The molecular weight excluding hydrogens is 387 g/mol. The zero-order chi connectivity index (χ0) is 20.9. The number of carbonyl (C=O) groups excluding carboxylic acids is 1. The lowest BCUT2D eigenvalue weighted by atomic mass is 10.1. The lowest BCUT2D eigenvalue weighted by Gasteiger charge is -2.11. The molecule has 1 aliphatic rings. The predicted octanol–water partition coefficient (Wildman–Crippen LogP) is 5.04. The molecule has 1 aliphatic heterocycles. The van der Waals surface area contributed by atoms with Crippen molar-refractivity contribution in [2.24, 2.45) is 0 Å². The molecule has 4 rings (SSSR count). The number of hydrogen-bond donors (Lipinski definition) is 0. The fourth-order valence-corrected chi connectivity index (χ4v) is 3.02. The third-order valence-electron chi connectivity index (χ3n) is 4.60. The molecule has 3 aromatic carbocycles. The van der Waals surface area contributed by atoms with E-state index >= 15 is 0 Å². The topological polar surface area (TPSA) is 54.0 Å². The largest absolute Gasteiger partial charge is 0.496 e. The van der Waals surface area contributed by atoms with Crippen molar-refractivity contribution in [3.8, 4) is 23.0 Å². The molecule has 0 aliphatic carbocycles. The molecule has 6 heteroatoms. The van der Waals surface area contributed by atoms with Crippen LogP contribution in [0.2, 0.25) is 0 Å². The average molecular weight is 406 g/mol. The highest BCUT2D eigenvalue weighted by Gasteiger charge is 2.15. The van der Waals surface area contributed by atoms with Gasteiger partial charge in [-0.2, -0.15) is 0 Å². The highest BCUT2D eigenvalue weighted by Crippen LogP contribution is 2.32. The maximum atomic E-state index is 13.0. The van der Waals surface area contributed by atoms with Crippen molar-refractivity contribution in [3.05, 3.63) is 89.2 Å². The van der Waals surface area contributed by atoms with Crippen LogP contribution in [0.4, 0.5) is 4.39 Å². The number of methoxy groups -OCH3 is 1. The molecule has 0 unspecified atom stereocenters. The first-order chi connectivity index (χ1) is 14.6. The van der Waals surface area contributed by atoms with Gasteiger partial charge in [-0.25, -0.2) is 4.39 Å². The fraction of sp³-hybridized carbons (Fsp3) is 0.125. The Balaban J connectivity index is 1.47. The van der Waals surface area contributed by atoms with Gasteiger partial charge in [0.15, 0.2) is 17.3 Å². The number of fused-ring (bicyclic) bond motifs is 1. The van der Waals surface area contributed by atoms with E-state index in [-0.39, 0.29) is 25.0 Å². The zero-order valence-electron chi connectivity index (χ0n) is 16.3. The summed E-state index contributed by atoms with van der Waals surface area (Å²) in [5.41, 5.74) is 2.14. The van der Waals surface area contributed by atoms with Gasteiger partial charge in [-0.3, -0.25) is 4.79 Å². The van der Waals surface area contributed by atoms with Gasteiger partial charge < -0.3 is 18.9 Å². The van der Waals surface area contributed by atoms with Crippen LogP contribution in [0.3, 0.4) is 0 Å². The van der Waals surface area contributed by atoms with E-state index in [2.05, 4.69) is 0 Å². The van der Waals surface area contributed by atoms with Gasteiger partial charge in [0.25, 0.3) is 0 Å². The summed E-state index contributed by atoms with van der Waals surface area (Å²) in [4.78, 5) is 12.5. The van der Waals surface area contributed by atoms with Crippen LogP contribution in [0.25, 0.3) is 6.08 Å². The second kappa shape index (κ2) is 8.69. The summed E-state index contributed by atoms with van der Waals surface area (Å²) < 4.78 is 34.7. The lowest BCUT2D eigenvalue weighted by Crippen LogP contribution is -1.99. The van der Waals surface area contributed by atoms with E-state index in [1.807, 2.05) is 18.2 Å². The normalized spacial score (nSPS) is 12.2. The maximum absolute atomic E-state index is 13.0. The van der Waals surface area contributed by atoms with E-state index in [1.54, 1.807) is 43.5 Å². The molecule has 152 valence electrons. The van der Waals surface area contributed by atoms with Crippen LogP contribution >= 0.6 is 0 Å². The summed E-state index contributed by atoms with van der Waals surface area (Å²) in [6.45, 7) is 0.407. The van der Waals surface area contributed by atoms with Gasteiger partial charge in [-0.1, -0.05) is 12.1 Å². The minimum Gasteiger partial charge on any atom is -0.496 e. The van der Waals surface area contributed by atoms with Crippen molar-refractivity contribution >= 4 is 11.9 Å². The van der Waals surface area contributed by atoms with Gasteiger partial charge in [0.2, 0.25) is 6.79 Å². The standard InChI is InChI=1S/C24H19FO5/c1-27-22-10-3-16(12-18(22)14-28-20-7-5-19(25)6-8-20)2-9-21(26)17-4-11-23-24(13-17)30-15-29-23/h2-13H,14-15H2,1H3/b9-2+. The van der Waals surface area contributed by atoms with E-state index < -0.39 is 0 Å². The number of halogens is 1. The van der Waals surface area contributed by atoms with Gasteiger partial charge in [-0.15, -0.1) is 0 Å². The van der Waals surface area contributed by atoms with Crippen molar-refractivity contribution in [2.45, 2.75) is 6.61 Å². The number of ketones is 1. The monoisotopic (exact) mass is 406 g/mol. The summed E-state index contributed by atoms with van der Waals surface area (Å²) >= 11 is 0. The average Bonchev–Trinajstić information content (AvgIpc) is 3.25. The van der Waals surface area contributed by atoms with Crippen LogP contribution in [0, 0.1) is 5.82 Å². The number of benzene rings is 3. The zero-order valence-corrected chi connectivity index (χ0v) is 16.3. The Morgan fingerprint density at radius 2 is 1.83 bits per heavy atom. The second-order valence-electron chi connectivity index (χ2n) is 6.58. The number of carbonyl (C=O) groups is 1. The van der Waals surface area contributed by atoms with Crippen LogP contribution < -0.4 is 18.9 Å². The van der Waals surface area contributed by atoms with Gasteiger partial charge in [0.1, 0.15) is 23.9 Å². The molecule has 0 atom stereocenters.